The third kappa shape index (κ3) is 6.47. The second-order valence-electron chi connectivity index (χ2n) is 7.82. The van der Waals surface area contributed by atoms with Crippen LogP contribution in [0.2, 0.25) is 5.02 Å². The van der Waals surface area contributed by atoms with Crippen molar-refractivity contribution in [2.75, 3.05) is 33.4 Å². The molecule has 1 saturated heterocycles. The molecule has 1 N–H and O–H groups in total. The number of carbonyl (C=O) groups excluding carboxylic acids is 2. The van der Waals surface area contributed by atoms with E-state index in [-0.39, 0.29) is 24.5 Å². The maximum absolute atomic E-state index is 14.8. The first-order valence-electron chi connectivity index (χ1n) is 10.7. The monoisotopic (exact) mass is 494 g/mol. The van der Waals surface area contributed by atoms with Crippen LogP contribution in [0.4, 0.5) is 4.39 Å². The van der Waals surface area contributed by atoms with Crippen LogP contribution in [0.1, 0.15) is 35.8 Å². The molecule has 1 fully saturated rings. The number of halogens is 2. The highest BCUT2D eigenvalue weighted by Crippen LogP contribution is 2.32. The summed E-state index contributed by atoms with van der Waals surface area (Å²) in [5.74, 6) is -1.09. The van der Waals surface area contributed by atoms with Crippen LogP contribution in [0.3, 0.4) is 0 Å². The summed E-state index contributed by atoms with van der Waals surface area (Å²) >= 11 is 7.63. The van der Waals surface area contributed by atoms with Gasteiger partial charge in [0.1, 0.15) is 11.1 Å². The minimum absolute atomic E-state index is 0.0144. The summed E-state index contributed by atoms with van der Waals surface area (Å²) in [6, 6.07) is 11.2. The molecule has 178 valence electrons. The van der Waals surface area contributed by atoms with Crippen molar-refractivity contribution < 1.29 is 23.5 Å². The maximum Gasteiger partial charge on any atom is 0.318 e. The van der Waals surface area contributed by atoms with Crippen molar-refractivity contribution >= 4 is 35.2 Å². The molecule has 0 aliphatic carbocycles. The predicted octanol–water partition coefficient (Wildman–Crippen LogP) is 4.32. The number of hydrogen-bond donors (Lipinski definition) is 1. The minimum Gasteiger partial charge on any atom is -0.468 e. The van der Waals surface area contributed by atoms with Crippen molar-refractivity contribution in [3.8, 4) is 0 Å². The number of amides is 1. The highest BCUT2D eigenvalue weighted by molar-refractivity contribution is 8.00. The van der Waals surface area contributed by atoms with Crippen molar-refractivity contribution in [2.45, 2.75) is 36.1 Å². The summed E-state index contributed by atoms with van der Waals surface area (Å²) in [5.41, 5.74) is 0.794. The summed E-state index contributed by atoms with van der Waals surface area (Å²) < 4.78 is 25.2. The molecular weight excluding hydrogens is 467 g/mol. The van der Waals surface area contributed by atoms with Gasteiger partial charge >= 0.3 is 5.97 Å². The summed E-state index contributed by atoms with van der Waals surface area (Å²) in [7, 11) is 1.33. The van der Waals surface area contributed by atoms with Crippen molar-refractivity contribution in [2.24, 2.45) is 0 Å². The molecule has 2 aromatic carbocycles. The number of benzene rings is 2. The standard InChI is InChI=1S/C24H28ClFN2O4S/c1-15-14-28(11-12-32-15)20(22-18(25)8-6-9-19(22)26)13-27-23(29)17-7-4-5-10-21(17)33-16(2)24(30)31-3/h4-10,15-16,20H,11-14H2,1-3H3,(H,27,29). The number of hydrogen-bond acceptors (Lipinski definition) is 6. The van der Waals surface area contributed by atoms with Gasteiger partial charge in [-0.1, -0.05) is 29.8 Å². The molecule has 0 saturated carbocycles. The largest absolute Gasteiger partial charge is 0.468 e. The van der Waals surface area contributed by atoms with Crippen LogP contribution in [0.25, 0.3) is 0 Å². The van der Waals surface area contributed by atoms with Gasteiger partial charge in [0, 0.05) is 35.1 Å². The predicted molar refractivity (Wildman–Crippen MR) is 127 cm³/mol. The van der Waals surface area contributed by atoms with E-state index < -0.39 is 17.1 Å². The average Bonchev–Trinajstić information content (AvgIpc) is 2.80. The number of rotatable bonds is 8. The molecule has 1 amide bonds. The Morgan fingerprint density at radius 3 is 2.76 bits per heavy atom. The SMILES string of the molecule is COC(=O)C(C)Sc1ccccc1C(=O)NCC(c1c(F)cccc1Cl)N1CCOC(C)C1. The van der Waals surface area contributed by atoms with Gasteiger partial charge in [0.25, 0.3) is 5.91 Å². The lowest BCUT2D eigenvalue weighted by atomic mass is 10.0. The molecule has 0 spiro atoms. The van der Waals surface area contributed by atoms with Crippen molar-refractivity contribution in [1.29, 1.82) is 0 Å². The van der Waals surface area contributed by atoms with Crippen LogP contribution in [-0.4, -0.2) is 61.5 Å². The Labute approximate surface area is 202 Å². The Balaban J connectivity index is 1.81. The Kier molecular flexibility index (Phi) is 9.14. The van der Waals surface area contributed by atoms with Gasteiger partial charge in [-0.3, -0.25) is 14.5 Å². The van der Waals surface area contributed by atoms with Gasteiger partial charge in [-0.15, -0.1) is 11.8 Å². The fraction of sp³-hybridized carbons (Fsp3) is 0.417. The Bertz CT molecular complexity index is 972. The maximum atomic E-state index is 14.8. The summed E-state index contributed by atoms with van der Waals surface area (Å²) in [4.78, 5) is 27.7. The molecule has 0 aromatic heterocycles. The minimum atomic E-state index is -0.469. The first-order chi connectivity index (χ1) is 15.8. The number of nitrogens with one attached hydrogen (secondary N) is 1. The van der Waals surface area contributed by atoms with Crippen LogP contribution in [-0.2, 0) is 14.3 Å². The fourth-order valence-corrected chi connectivity index (χ4v) is 5.12. The molecule has 1 aliphatic heterocycles. The molecular formula is C24H28ClFN2O4S. The summed E-state index contributed by atoms with van der Waals surface area (Å²) in [5, 5.41) is 2.79. The van der Waals surface area contributed by atoms with Crippen LogP contribution in [0.5, 0.6) is 0 Å². The number of thioether (sulfide) groups is 1. The zero-order valence-electron chi connectivity index (χ0n) is 18.8. The van der Waals surface area contributed by atoms with Crippen LogP contribution < -0.4 is 5.32 Å². The molecule has 1 heterocycles. The smallest absolute Gasteiger partial charge is 0.318 e. The number of ether oxygens (including phenoxy) is 2. The lowest BCUT2D eigenvalue weighted by Crippen LogP contribution is -2.47. The molecule has 2 aromatic rings. The van der Waals surface area contributed by atoms with Crippen LogP contribution >= 0.6 is 23.4 Å². The zero-order chi connectivity index (χ0) is 24.0. The van der Waals surface area contributed by atoms with Gasteiger partial charge in [-0.25, -0.2) is 4.39 Å². The van der Waals surface area contributed by atoms with E-state index in [9.17, 15) is 14.0 Å². The van der Waals surface area contributed by atoms with E-state index in [4.69, 9.17) is 21.1 Å². The van der Waals surface area contributed by atoms with E-state index in [1.807, 2.05) is 6.92 Å². The normalized spacial score (nSPS) is 18.4. The van der Waals surface area contributed by atoms with Crippen LogP contribution in [0.15, 0.2) is 47.4 Å². The average molecular weight is 495 g/mol. The molecule has 9 heteroatoms. The molecule has 0 radical (unpaired) electrons. The Hall–Kier alpha value is -2.13. The first kappa shape index (κ1) is 25.5. The molecule has 0 bridgehead atoms. The van der Waals surface area contributed by atoms with Crippen LogP contribution in [0, 0.1) is 5.82 Å². The van der Waals surface area contributed by atoms with Crippen molar-refractivity contribution in [3.05, 3.63) is 64.4 Å². The van der Waals surface area contributed by atoms with Gasteiger partial charge in [-0.05, 0) is 38.1 Å². The summed E-state index contributed by atoms with van der Waals surface area (Å²) in [6.07, 6.45) is -0.0144. The number of carbonyl (C=O) groups is 2. The first-order valence-corrected chi connectivity index (χ1v) is 12.0. The van der Waals surface area contributed by atoms with E-state index in [0.717, 1.165) is 0 Å². The zero-order valence-corrected chi connectivity index (χ0v) is 20.4. The lowest BCUT2D eigenvalue weighted by molar-refractivity contribution is -0.139. The Morgan fingerprint density at radius 1 is 1.30 bits per heavy atom. The third-order valence-electron chi connectivity index (χ3n) is 5.47. The van der Waals surface area contributed by atoms with Gasteiger partial charge in [0.05, 0.1) is 31.4 Å². The van der Waals surface area contributed by atoms with E-state index >= 15 is 0 Å². The molecule has 1 aliphatic rings. The third-order valence-corrected chi connectivity index (χ3v) is 6.96. The Morgan fingerprint density at radius 2 is 2.06 bits per heavy atom. The quantitative estimate of drug-likeness (QED) is 0.435. The molecule has 3 atom stereocenters. The fourth-order valence-electron chi connectivity index (χ4n) is 3.82. The van der Waals surface area contributed by atoms with E-state index in [0.29, 0.717) is 40.7 Å². The topological polar surface area (TPSA) is 67.9 Å². The van der Waals surface area contributed by atoms with Crippen molar-refractivity contribution in [1.82, 2.24) is 10.2 Å². The number of morpholine rings is 1. The van der Waals surface area contributed by atoms with E-state index in [1.165, 1.54) is 24.9 Å². The second-order valence-corrected chi connectivity index (χ2v) is 9.61. The highest BCUT2D eigenvalue weighted by atomic mass is 35.5. The molecule has 3 rings (SSSR count). The number of esters is 1. The van der Waals surface area contributed by atoms with Gasteiger partial charge < -0.3 is 14.8 Å². The number of methoxy groups -OCH3 is 1. The highest BCUT2D eigenvalue weighted by Gasteiger charge is 2.30. The summed E-state index contributed by atoms with van der Waals surface area (Å²) in [6.45, 7) is 5.55. The number of nitrogens with zero attached hydrogens (tertiary/aromatic N) is 1. The van der Waals surface area contributed by atoms with Crippen molar-refractivity contribution in [3.63, 3.8) is 0 Å². The van der Waals surface area contributed by atoms with E-state index in [1.54, 1.807) is 43.3 Å². The molecule has 6 nitrogen and oxygen atoms in total. The molecule has 33 heavy (non-hydrogen) atoms. The van der Waals surface area contributed by atoms with Gasteiger partial charge in [0.2, 0.25) is 0 Å². The second kappa shape index (κ2) is 11.8. The lowest BCUT2D eigenvalue weighted by Gasteiger charge is -2.38. The molecule has 3 unspecified atom stereocenters. The van der Waals surface area contributed by atoms with Gasteiger partial charge in [-0.2, -0.15) is 0 Å². The van der Waals surface area contributed by atoms with E-state index in [2.05, 4.69) is 10.2 Å². The van der Waals surface area contributed by atoms with Gasteiger partial charge in [0.15, 0.2) is 0 Å².